The van der Waals surface area contributed by atoms with Gasteiger partial charge in [-0.15, -0.1) is 11.3 Å². The summed E-state index contributed by atoms with van der Waals surface area (Å²) < 4.78 is 11.3. The first-order valence-corrected chi connectivity index (χ1v) is 9.93. The lowest BCUT2D eigenvalue weighted by atomic mass is 10.1. The SMILES string of the molecule is BrC(c1ccc2c(c1)OCCO2)c1cc2c(s1)CCSC2. The van der Waals surface area contributed by atoms with Crippen LogP contribution in [-0.2, 0) is 12.2 Å². The van der Waals surface area contributed by atoms with Crippen molar-refractivity contribution in [2.75, 3.05) is 19.0 Å². The summed E-state index contributed by atoms with van der Waals surface area (Å²) >= 11 is 7.83. The van der Waals surface area contributed by atoms with Gasteiger partial charge in [0.1, 0.15) is 13.2 Å². The monoisotopic (exact) mass is 382 g/mol. The fourth-order valence-corrected chi connectivity index (χ4v) is 5.76. The Morgan fingerprint density at radius 3 is 2.81 bits per heavy atom. The minimum Gasteiger partial charge on any atom is -0.486 e. The molecule has 21 heavy (non-hydrogen) atoms. The predicted octanol–water partition coefficient (Wildman–Crippen LogP) is 4.79. The number of halogens is 1. The summed E-state index contributed by atoms with van der Waals surface area (Å²) in [6.45, 7) is 1.27. The van der Waals surface area contributed by atoms with Crippen LogP contribution in [0.3, 0.4) is 0 Å². The van der Waals surface area contributed by atoms with Crippen molar-refractivity contribution < 1.29 is 9.47 Å². The van der Waals surface area contributed by atoms with Gasteiger partial charge in [-0.2, -0.15) is 11.8 Å². The predicted molar refractivity (Wildman–Crippen MR) is 92.4 cm³/mol. The van der Waals surface area contributed by atoms with Crippen molar-refractivity contribution in [1.82, 2.24) is 0 Å². The summed E-state index contributed by atoms with van der Waals surface area (Å²) in [5.41, 5.74) is 2.75. The maximum atomic E-state index is 5.69. The van der Waals surface area contributed by atoms with Crippen molar-refractivity contribution in [3.8, 4) is 11.5 Å². The van der Waals surface area contributed by atoms with Crippen LogP contribution in [0.25, 0.3) is 0 Å². The minimum atomic E-state index is 0.230. The van der Waals surface area contributed by atoms with E-state index in [1.807, 2.05) is 29.2 Å². The Labute approximate surface area is 141 Å². The number of alkyl halides is 1. The highest BCUT2D eigenvalue weighted by atomic mass is 79.9. The maximum Gasteiger partial charge on any atom is 0.161 e. The number of fused-ring (bicyclic) bond motifs is 2. The topological polar surface area (TPSA) is 18.5 Å². The summed E-state index contributed by atoms with van der Waals surface area (Å²) in [5, 5.41) is 0. The molecule has 3 heterocycles. The molecule has 0 fully saturated rings. The molecule has 0 saturated carbocycles. The van der Waals surface area contributed by atoms with Crippen LogP contribution < -0.4 is 9.47 Å². The summed E-state index contributed by atoms with van der Waals surface area (Å²) in [5.74, 6) is 4.13. The lowest BCUT2D eigenvalue weighted by Gasteiger charge is -2.19. The van der Waals surface area contributed by atoms with Gasteiger partial charge >= 0.3 is 0 Å². The van der Waals surface area contributed by atoms with E-state index < -0.39 is 0 Å². The van der Waals surface area contributed by atoms with E-state index in [1.165, 1.54) is 28.2 Å². The average molecular weight is 383 g/mol. The van der Waals surface area contributed by atoms with E-state index >= 15 is 0 Å². The van der Waals surface area contributed by atoms with Crippen molar-refractivity contribution >= 4 is 39.0 Å². The van der Waals surface area contributed by atoms with Crippen LogP contribution in [0.5, 0.6) is 11.5 Å². The third kappa shape index (κ3) is 2.71. The molecular weight excluding hydrogens is 368 g/mol. The largest absolute Gasteiger partial charge is 0.486 e. The van der Waals surface area contributed by atoms with Crippen molar-refractivity contribution in [2.24, 2.45) is 0 Å². The molecule has 1 atom stereocenters. The zero-order valence-electron chi connectivity index (χ0n) is 11.4. The molecule has 5 heteroatoms. The van der Waals surface area contributed by atoms with Gasteiger partial charge in [0.2, 0.25) is 0 Å². The van der Waals surface area contributed by atoms with Crippen molar-refractivity contribution in [3.63, 3.8) is 0 Å². The molecule has 1 aromatic carbocycles. The average Bonchev–Trinajstić information content (AvgIpc) is 2.97. The van der Waals surface area contributed by atoms with Crippen molar-refractivity contribution in [3.05, 3.63) is 45.1 Å². The first kappa shape index (κ1) is 14.0. The molecule has 1 aromatic heterocycles. The molecule has 2 nitrogen and oxygen atoms in total. The van der Waals surface area contributed by atoms with E-state index in [1.54, 1.807) is 4.88 Å². The minimum absolute atomic E-state index is 0.230. The fourth-order valence-electron chi connectivity index (χ4n) is 2.68. The molecule has 2 aromatic rings. The number of aryl methyl sites for hydroxylation is 1. The Bertz CT molecular complexity index is 645. The number of benzene rings is 1. The molecule has 1 unspecified atom stereocenters. The van der Waals surface area contributed by atoms with Gasteiger partial charge in [0.15, 0.2) is 11.5 Å². The van der Waals surface area contributed by atoms with E-state index in [4.69, 9.17) is 9.47 Å². The number of rotatable bonds is 2. The molecule has 0 spiro atoms. The van der Waals surface area contributed by atoms with Crippen LogP contribution in [0.2, 0.25) is 0 Å². The van der Waals surface area contributed by atoms with Crippen LogP contribution >= 0.6 is 39.0 Å². The van der Waals surface area contributed by atoms with Gasteiger partial charge in [0.25, 0.3) is 0 Å². The third-order valence-electron chi connectivity index (χ3n) is 3.76. The number of hydrogen-bond donors (Lipinski definition) is 0. The van der Waals surface area contributed by atoms with E-state index in [-0.39, 0.29) is 4.83 Å². The standard InChI is InChI=1S/C16H15BrO2S2/c17-16(15-8-11-9-20-6-3-14(11)21-15)10-1-2-12-13(7-10)19-5-4-18-12/h1-2,7-8,16H,3-6,9H2. The Balaban J connectivity index is 1.64. The van der Waals surface area contributed by atoms with Crippen molar-refractivity contribution in [2.45, 2.75) is 17.0 Å². The number of hydrogen-bond acceptors (Lipinski definition) is 4. The van der Waals surface area contributed by atoms with E-state index in [2.05, 4.69) is 34.1 Å². The van der Waals surface area contributed by atoms with Gasteiger partial charge in [0, 0.05) is 15.5 Å². The second kappa shape index (κ2) is 5.86. The zero-order chi connectivity index (χ0) is 14.2. The van der Waals surface area contributed by atoms with E-state index in [0.29, 0.717) is 13.2 Å². The summed E-state index contributed by atoms with van der Waals surface area (Å²) in [7, 11) is 0. The molecule has 0 aliphatic carbocycles. The third-order valence-corrected chi connectivity index (χ3v) is 7.39. The molecule has 2 aliphatic heterocycles. The summed E-state index contributed by atoms with van der Waals surface area (Å²) in [4.78, 5) is 3.18. The Kier molecular flexibility index (Phi) is 3.90. The molecule has 110 valence electrons. The Hall–Kier alpha value is -0.650. The molecule has 0 N–H and O–H groups in total. The van der Waals surface area contributed by atoms with Gasteiger partial charge in [0.05, 0.1) is 4.83 Å². The van der Waals surface area contributed by atoms with Crippen LogP contribution in [0.4, 0.5) is 0 Å². The van der Waals surface area contributed by atoms with Crippen LogP contribution in [-0.4, -0.2) is 19.0 Å². The van der Waals surface area contributed by atoms with E-state index in [9.17, 15) is 0 Å². The van der Waals surface area contributed by atoms with E-state index in [0.717, 1.165) is 17.3 Å². The lowest BCUT2D eigenvalue weighted by molar-refractivity contribution is 0.171. The fraction of sp³-hybridized carbons (Fsp3) is 0.375. The highest BCUT2D eigenvalue weighted by molar-refractivity contribution is 9.09. The van der Waals surface area contributed by atoms with Gasteiger partial charge in [-0.05, 0) is 41.5 Å². The van der Waals surface area contributed by atoms with Crippen LogP contribution in [0.1, 0.15) is 25.7 Å². The van der Waals surface area contributed by atoms with Gasteiger partial charge in [-0.1, -0.05) is 22.0 Å². The molecule has 0 radical (unpaired) electrons. The van der Waals surface area contributed by atoms with Crippen LogP contribution in [0, 0.1) is 0 Å². The smallest absolute Gasteiger partial charge is 0.161 e. The first-order chi connectivity index (χ1) is 10.3. The molecular formula is C16H15BrO2S2. The summed E-state index contributed by atoms with van der Waals surface area (Å²) in [6, 6.07) is 8.60. The first-order valence-electron chi connectivity index (χ1n) is 7.04. The normalized spacial score (nSPS) is 18.1. The number of ether oxygens (including phenoxy) is 2. The quantitative estimate of drug-likeness (QED) is 0.695. The van der Waals surface area contributed by atoms with Gasteiger partial charge in [-0.25, -0.2) is 0 Å². The lowest BCUT2D eigenvalue weighted by Crippen LogP contribution is -2.15. The number of thioether (sulfide) groups is 1. The highest BCUT2D eigenvalue weighted by Gasteiger charge is 2.21. The van der Waals surface area contributed by atoms with Crippen molar-refractivity contribution in [1.29, 1.82) is 0 Å². The second-order valence-corrected chi connectivity index (χ2v) is 8.35. The molecule has 0 saturated heterocycles. The zero-order valence-corrected chi connectivity index (χ0v) is 14.7. The summed E-state index contributed by atoms with van der Waals surface area (Å²) in [6.07, 6.45) is 1.21. The molecule has 0 amide bonds. The van der Waals surface area contributed by atoms with Gasteiger partial charge in [-0.3, -0.25) is 0 Å². The second-order valence-electron chi connectivity index (χ2n) is 5.17. The molecule has 2 aliphatic rings. The highest BCUT2D eigenvalue weighted by Crippen LogP contribution is 2.42. The molecule has 4 rings (SSSR count). The number of thiophene rings is 1. The maximum absolute atomic E-state index is 5.69. The van der Waals surface area contributed by atoms with Crippen LogP contribution in [0.15, 0.2) is 24.3 Å². The van der Waals surface area contributed by atoms with Gasteiger partial charge < -0.3 is 9.47 Å². The Morgan fingerprint density at radius 1 is 1.10 bits per heavy atom. The Morgan fingerprint density at radius 2 is 1.95 bits per heavy atom. The molecule has 0 bridgehead atoms.